The highest BCUT2D eigenvalue weighted by Gasteiger charge is 2.40. The normalized spacial score (nSPS) is 17.2. The fourth-order valence-corrected chi connectivity index (χ4v) is 3.99. The summed E-state index contributed by atoms with van der Waals surface area (Å²) in [4.78, 5) is 6.07. The molecule has 1 aliphatic heterocycles. The van der Waals surface area contributed by atoms with Crippen LogP contribution >= 0.6 is 11.3 Å². The van der Waals surface area contributed by atoms with Crippen molar-refractivity contribution in [2.75, 3.05) is 13.1 Å². The van der Waals surface area contributed by atoms with E-state index in [4.69, 9.17) is 4.98 Å². The van der Waals surface area contributed by atoms with Gasteiger partial charge in [0.15, 0.2) is 0 Å². The van der Waals surface area contributed by atoms with Crippen molar-refractivity contribution in [3.63, 3.8) is 0 Å². The molecule has 0 spiro atoms. The second-order valence-corrected chi connectivity index (χ2v) is 6.91. The molecule has 0 radical (unpaired) electrons. The van der Waals surface area contributed by atoms with Gasteiger partial charge in [-0.1, -0.05) is 24.3 Å². The molecule has 3 rings (SSSR count). The highest BCUT2D eigenvalue weighted by atomic mass is 32.1. The maximum absolute atomic E-state index is 4.72. The molecule has 0 aliphatic carbocycles. The molecule has 100 valence electrons. The van der Waals surface area contributed by atoms with Crippen LogP contribution in [-0.2, 0) is 11.8 Å². The molecule has 1 aliphatic rings. The zero-order chi connectivity index (χ0) is 13.5. The Bertz CT molecular complexity index is 577. The number of aromatic nitrogens is 1. The molecule has 0 bridgehead atoms. The quantitative estimate of drug-likeness (QED) is 0.928. The minimum atomic E-state index is 0.252. The van der Waals surface area contributed by atoms with E-state index in [1.165, 1.54) is 26.7 Å². The Kier molecular flexibility index (Phi) is 3.19. The number of benzene rings is 1. The van der Waals surface area contributed by atoms with E-state index in [-0.39, 0.29) is 5.41 Å². The van der Waals surface area contributed by atoms with Gasteiger partial charge in [0.05, 0.1) is 10.7 Å². The minimum absolute atomic E-state index is 0.252. The summed E-state index contributed by atoms with van der Waals surface area (Å²) in [6.45, 7) is 8.61. The van der Waals surface area contributed by atoms with Crippen LogP contribution in [0, 0.1) is 20.8 Å². The first-order valence-corrected chi connectivity index (χ1v) is 7.62. The first-order valence-electron chi connectivity index (χ1n) is 6.80. The summed E-state index contributed by atoms with van der Waals surface area (Å²) >= 11 is 1.85. The van der Waals surface area contributed by atoms with Crippen molar-refractivity contribution in [2.24, 2.45) is 0 Å². The van der Waals surface area contributed by atoms with Crippen molar-refractivity contribution >= 4 is 11.3 Å². The van der Waals surface area contributed by atoms with E-state index in [1.54, 1.807) is 0 Å². The van der Waals surface area contributed by atoms with Crippen molar-refractivity contribution in [3.8, 4) is 0 Å². The Morgan fingerprint density at radius 3 is 2.47 bits per heavy atom. The summed E-state index contributed by atoms with van der Waals surface area (Å²) in [5.74, 6) is 0. The molecule has 19 heavy (non-hydrogen) atoms. The second kappa shape index (κ2) is 4.73. The monoisotopic (exact) mass is 272 g/mol. The van der Waals surface area contributed by atoms with Crippen molar-refractivity contribution < 1.29 is 0 Å². The molecule has 0 unspecified atom stereocenters. The Labute approximate surface area is 118 Å². The van der Waals surface area contributed by atoms with Gasteiger partial charge in [0.2, 0.25) is 0 Å². The lowest BCUT2D eigenvalue weighted by Gasteiger charge is -2.43. The summed E-state index contributed by atoms with van der Waals surface area (Å²) in [5, 5.41) is 4.72. The molecule has 2 heterocycles. The molecular formula is C16H20N2S. The summed E-state index contributed by atoms with van der Waals surface area (Å²) in [5.41, 5.74) is 4.32. The predicted molar refractivity (Wildman–Crippen MR) is 81.0 cm³/mol. The fourth-order valence-electron chi connectivity index (χ4n) is 2.91. The van der Waals surface area contributed by atoms with Gasteiger partial charge in [-0.2, -0.15) is 0 Å². The van der Waals surface area contributed by atoms with E-state index in [0.29, 0.717) is 0 Å². The Hall–Kier alpha value is -1.19. The molecule has 0 saturated carbocycles. The molecule has 1 aromatic carbocycles. The summed E-state index contributed by atoms with van der Waals surface area (Å²) in [6, 6.07) is 8.77. The summed E-state index contributed by atoms with van der Waals surface area (Å²) < 4.78 is 0. The van der Waals surface area contributed by atoms with Gasteiger partial charge in [-0.05, 0) is 31.9 Å². The van der Waals surface area contributed by atoms with Crippen LogP contribution in [0.5, 0.6) is 0 Å². The first-order chi connectivity index (χ1) is 9.11. The SMILES string of the molecule is Cc1ccccc1C1(Cc2nc(C)c(C)s2)CNC1. The average molecular weight is 272 g/mol. The topological polar surface area (TPSA) is 24.9 Å². The highest BCUT2D eigenvalue weighted by molar-refractivity contribution is 7.11. The van der Waals surface area contributed by atoms with E-state index < -0.39 is 0 Å². The number of hydrogen-bond acceptors (Lipinski definition) is 3. The third-order valence-electron chi connectivity index (χ3n) is 4.21. The zero-order valence-corrected chi connectivity index (χ0v) is 12.6. The van der Waals surface area contributed by atoms with Gasteiger partial charge >= 0.3 is 0 Å². The predicted octanol–water partition coefficient (Wildman–Crippen LogP) is 3.15. The average Bonchev–Trinajstić information content (AvgIpc) is 2.64. The van der Waals surface area contributed by atoms with Crippen LogP contribution in [0.15, 0.2) is 24.3 Å². The van der Waals surface area contributed by atoms with Crippen LogP contribution in [0.3, 0.4) is 0 Å². The third kappa shape index (κ3) is 2.21. The maximum Gasteiger partial charge on any atom is 0.0940 e. The van der Waals surface area contributed by atoms with Gasteiger partial charge in [0, 0.05) is 29.8 Å². The number of rotatable bonds is 3. The van der Waals surface area contributed by atoms with Crippen LogP contribution in [-0.4, -0.2) is 18.1 Å². The van der Waals surface area contributed by atoms with Crippen molar-refractivity contribution in [2.45, 2.75) is 32.6 Å². The Morgan fingerprint density at radius 2 is 1.95 bits per heavy atom. The first kappa shape index (κ1) is 12.8. The standard InChI is InChI=1S/C16H20N2S/c1-11-6-4-5-7-14(11)16(9-17-10-16)8-15-18-12(2)13(3)19-15/h4-7,17H,8-10H2,1-3H3. The molecule has 2 nitrogen and oxygen atoms in total. The van der Waals surface area contributed by atoms with Gasteiger partial charge in [0.1, 0.15) is 0 Å². The molecule has 1 saturated heterocycles. The number of hydrogen-bond donors (Lipinski definition) is 1. The second-order valence-electron chi connectivity index (χ2n) is 5.62. The maximum atomic E-state index is 4.72. The van der Waals surface area contributed by atoms with Crippen LogP contribution in [0.1, 0.15) is 26.7 Å². The molecule has 1 fully saturated rings. The van der Waals surface area contributed by atoms with Gasteiger partial charge in [0.25, 0.3) is 0 Å². The molecule has 0 atom stereocenters. The molecule has 2 aromatic rings. The van der Waals surface area contributed by atoms with E-state index >= 15 is 0 Å². The molecule has 0 amide bonds. The lowest BCUT2D eigenvalue weighted by molar-refractivity contribution is 0.273. The molecule has 1 aromatic heterocycles. The number of aryl methyl sites for hydroxylation is 3. The Morgan fingerprint density at radius 1 is 1.21 bits per heavy atom. The molecular weight excluding hydrogens is 252 g/mol. The van der Waals surface area contributed by atoms with E-state index in [2.05, 4.69) is 50.4 Å². The lowest BCUT2D eigenvalue weighted by Crippen LogP contribution is -2.58. The van der Waals surface area contributed by atoms with Crippen molar-refractivity contribution in [3.05, 3.63) is 51.0 Å². The number of nitrogens with zero attached hydrogens (tertiary/aromatic N) is 1. The smallest absolute Gasteiger partial charge is 0.0940 e. The summed E-state index contributed by atoms with van der Waals surface area (Å²) in [6.07, 6.45) is 1.06. The van der Waals surface area contributed by atoms with Crippen LogP contribution in [0.2, 0.25) is 0 Å². The van der Waals surface area contributed by atoms with Crippen LogP contribution < -0.4 is 5.32 Å². The van der Waals surface area contributed by atoms with Gasteiger partial charge in [-0.15, -0.1) is 11.3 Å². The lowest BCUT2D eigenvalue weighted by atomic mass is 9.71. The van der Waals surface area contributed by atoms with E-state index in [0.717, 1.165) is 19.5 Å². The minimum Gasteiger partial charge on any atom is -0.315 e. The number of nitrogens with one attached hydrogen (secondary N) is 1. The van der Waals surface area contributed by atoms with E-state index in [1.807, 2.05) is 11.3 Å². The van der Waals surface area contributed by atoms with E-state index in [9.17, 15) is 0 Å². The zero-order valence-electron chi connectivity index (χ0n) is 11.8. The van der Waals surface area contributed by atoms with Gasteiger partial charge in [-0.25, -0.2) is 4.98 Å². The van der Waals surface area contributed by atoms with Crippen LogP contribution in [0.4, 0.5) is 0 Å². The third-order valence-corrected chi connectivity index (χ3v) is 5.28. The van der Waals surface area contributed by atoms with Crippen LogP contribution in [0.25, 0.3) is 0 Å². The highest BCUT2D eigenvalue weighted by Crippen LogP contribution is 2.35. The molecule has 3 heteroatoms. The van der Waals surface area contributed by atoms with Crippen molar-refractivity contribution in [1.29, 1.82) is 0 Å². The van der Waals surface area contributed by atoms with Crippen molar-refractivity contribution in [1.82, 2.24) is 10.3 Å². The largest absolute Gasteiger partial charge is 0.315 e. The van der Waals surface area contributed by atoms with Gasteiger partial charge in [-0.3, -0.25) is 0 Å². The Balaban J connectivity index is 1.94. The molecule has 1 N–H and O–H groups in total. The summed E-state index contributed by atoms with van der Waals surface area (Å²) in [7, 11) is 0. The fraction of sp³-hybridized carbons (Fsp3) is 0.438. The number of thiazole rings is 1. The van der Waals surface area contributed by atoms with Gasteiger partial charge < -0.3 is 5.32 Å².